The number of aryl methyl sites for hydroxylation is 1. The quantitative estimate of drug-likeness (QED) is 0.577. The molecule has 0 N–H and O–H groups in total. The molecule has 3 aliphatic heterocycles. The highest BCUT2D eigenvalue weighted by Gasteiger charge is 2.65. The third-order valence-corrected chi connectivity index (χ3v) is 4.62. The standard InChI is InChI=1S/C16H15NO3/c1-9-3-5-10(6-4-9)17-14(18)12-11-7-8-16(2,20-11)13(12)15(17)19/h3-8,11-13H,1-2H3/t11-,12-,13-,16-/m0/s1. The zero-order chi connectivity index (χ0) is 14.1. The van der Waals surface area contributed by atoms with E-state index in [0.29, 0.717) is 5.69 Å². The first-order chi connectivity index (χ1) is 9.51. The minimum Gasteiger partial charge on any atom is -0.362 e. The van der Waals surface area contributed by atoms with Gasteiger partial charge in [-0.3, -0.25) is 9.59 Å². The van der Waals surface area contributed by atoms with Crippen molar-refractivity contribution in [1.29, 1.82) is 0 Å². The van der Waals surface area contributed by atoms with Crippen molar-refractivity contribution in [3.05, 3.63) is 42.0 Å². The average Bonchev–Trinajstić information content (AvgIpc) is 3.01. The first-order valence-corrected chi connectivity index (χ1v) is 6.83. The van der Waals surface area contributed by atoms with Gasteiger partial charge in [-0.15, -0.1) is 0 Å². The van der Waals surface area contributed by atoms with Gasteiger partial charge in [0.25, 0.3) is 0 Å². The molecule has 2 amide bonds. The van der Waals surface area contributed by atoms with E-state index in [1.165, 1.54) is 4.90 Å². The summed E-state index contributed by atoms with van der Waals surface area (Å²) in [6, 6.07) is 7.47. The molecule has 20 heavy (non-hydrogen) atoms. The number of benzene rings is 1. The molecule has 0 unspecified atom stereocenters. The zero-order valence-electron chi connectivity index (χ0n) is 11.4. The van der Waals surface area contributed by atoms with E-state index in [1.807, 2.05) is 50.3 Å². The molecule has 0 aliphatic carbocycles. The molecule has 4 nitrogen and oxygen atoms in total. The summed E-state index contributed by atoms with van der Waals surface area (Å²) < 4.78 is 5.79. The number of ether oxygens (including phenoxy) is 1. The Bertz CT molecular complexity index is 648. The third-order valence-electron chi connectivity index (χ3n) is 4.62. The third kappa shape index (κ3) is 1.29. The smallest absolute Gasteiger partial charge is 0.241 e. The van der Waals surface area contributed by atoms with Crippen LogP contribution in [0, 0.1) is 18.8 Å². The Labute approximate surface area is 117 Å². The fraction of sp³-hybridized carbons (Fsp3) is 0.375. The molecular weight excluding hydrogens is 254 g/mol. The van der Waals surface area contributed by atoms with Crippen molar-refractivity contribution in [2.24, 2.45) is 11.8 Å². The van der Waals surface area contributed by atoms with E-state index in [-0.39, 0.29) is 29.8 Å². The maximum Gasteiger partial charge on any atom is 0.241 e. The lowest BCUT2D eigenvalue weighted by molar-refractivity contribution is -0.126. The second-order valence-corrected chi connectivity index (χ2v) is 5.98. The number of carbonyl (C=O) groups is 2. The topological polar surface area (TPSA) is 46.6 Å². The van der Waals surface area contributed by atoms with Crippen molar-refractivity contribution in [3.63, 3.8) is 0 Å². The van der Waals surface area contributed by atoms with Crippen LogP contribution in [0.3, 0.4) is 0 Å². The normalized spacial score (nSPS) is 37.9. The van der Waals surface area contributed by atoms with Gasteiger partial charge in [0, 0.05) is 0 Å². The Hall–Kier alpha value is -1.94. The van der Waals surface area contributed by atoms with Crippen LogP contribution in [0.15, 0.2) is 36.4 Å². The SMILES string of the molecule is Cc1ccc(N2C(=O)[C@H]3[C@@H]4C=C[C@](C)(O4)[C@@H]3C2=O)cc1. The van der Waals surface area contributed by atoms with Crippen molar-refractivity contribution in [1.82, 2.24) is 0 Å². The van der Waals surface area contributed by atoms with Gasteiger partial charge in [0.15, 0.2) is 0 Å². The molecule has 0 saturated carbocycles. The summed E-state index contributed by atoms with van der Waals surface area (Å²) in [5, 5.41) is 0. The van der Waals surface area contributed by atoms with Crippen LogP contribution in [0.5, 0.6) is 0 Å². The van der Waals surface area contributed by atoms with Gasteiger partial charge in [0.2, 0.25) is 11.8 Å². The zero-order valence-corrected chi connectivity index (χ0v) is 11.4. The van der Waals surface area contributed by atoms with Gasteiger partial charge in [-0.1, -0.05) is 29.8 Å². The van der Waals surface area contributed by atoms with Crippen LogP contribution in [0.2, 0.25) is 0 Å². The Morgan fingerprint density at radius 3 is 2.50 bits per heavy atom. The molecule has 0 spiro atoms. The van der Waals surface area contributed by atoms with Gasteiger partial charge in [-0.05, 0) is 26.0 Å². The fourth-order valence-corrected chi connectivity index (χ4v) is 3.60. The number of hydrogen-bond acceptors (Lipinski definition) is 3. The number of carbonyl (C=O) groups excluding carboxylic acids is 2. The molecule has 4 rings (SSSR count). The monoisotopic (exact) mass is 269 g/mol. The van der Waals surface area contributed by atoms with E-state index in [4.69, 9.17) is 4.74 Å². The lowest BCUT2D eigenvalue weighted by Crippen LogP contribution is -2.38. The molecule has 0 radical (unpaired) electrons. The second-order valence-electron chi connectivity index (χ2n) is 5.98. The Kier molecular flexibility index (Phi) is 2.12. The molecule has 2 bridgehead atoms. The minimum absolute atomic E-state index is 0.137. The maximum absolute atomic E-state index is 12.7. The highest BCUT2D eigenvalue weighted by atomic mass is 16.5. The highest BCUT2D eigenvalue weighted by molar-refractivity contribution is 6.23. The van der Waals surface area contributed by atoms with Crippen molar-refractivity contribution in [2.45, 2.75) is 25.6 Å². The first kappa shape index (κ1) is 11.9. The van der Waals surface area contributed by atoms with E-state index < -0.39 is 5.60 Å². The van der Waals surface area contributed by atoms with Crippen LogP contribution in [0.1, 0.15) is 12.5 Å². The molecule has 4 heteroatoms. The van der Waals surface area contributed by atoms with Gasteiger partial charge in [-0.2, -0.15) is 0 Å². The van der Waals surface area contributed by atoms with Crippen LogP contribution in [-0.2, 0) is 14.3 Å². The van der Waals surface area contributed by atoms with Crippen LogP contribution in [0.4, 0.5) is 5.69 Å². The lowest BCUT2D eigenvalue weighted by atomic mass is 9.78. The van der Waals surface area contributed by atoms with E-state index in [9.17, 15) is 9.59 Å². The Balaban J connectivity index is 1.77. The largest absolute Gasteiger partial charge is 0.362 e. The Morgan fingerprint density at radius 2 is 1.85 bits per heavy atom. The van der Waals surface area contributed by atoms with Gasteiger partial charge in [-0.25, -0.2) is 4.90 Å². The molecule has 0 aromatic heterocycles. The summed E-state index contributed by atoms with van der Waals surface area (Å²) in [6.45, 7) is 3.86. The molecule has 1 aromatic carbocycles. The number of rotatable bonds is 1. The van der Waals surface area contributed by atoms with Gasteiger partial charge in [0.05, 0.1) is 29.2 Å². The van der Waals surface area contributed by atoms with E-state index >= 15 is 0 Å². The number of amides is 2. The number of hydrogen-bond donors (Lipinski definition) is 0. The van der Waals surface area contributed by atoms with Crippen molar-refractivity contribution in [2.75, 3.05) is 4.90 Å². The molecule has 3 heterocycles. The average molecular weight is 269 g/mol. The second kappa shape index (κ2) is 3.58. The molecule has 3 aliphatic rings. The molecule has 1 aromatic rings. The summed E-state index contributed by atoms with van der Waals surface area (Å²) in [4.78, 5) is 26.6. The van der Waals surface area contributed by atoms with E-state index in [2.05, 4.69) is 0 Å². The molecule has 2 fully saturated rings. The molecule has 4 atom stereocenters. The lowest BCUT2D eigenvalue weighted by Gasteiger charge is -2.24. The number of imide groups is 1. The van der Waals surface area contributed by atoms with Gasteiger partial charge in [0.1, 0.15) is 0 Å². The van der Waals surface area contributed by atoms with Crippen molar-refractivity contribution < 1.29 is 14.3 Å². The maximum atomic E-state index is 12.7. The summed E-state index contributed by atoms with van der Waals surface area (Å²) in [5.74, 6) is -1.02. The predicted molar refractivity (Wildman–Crippen MR) is 73.1 cm³/mol. The fourth-order valence-electron chi connectivity index (χ4n) is 3.60. The predicted octanol–water partition coefficient (Wildman–Crippen LogP) is 1.83. The first-order valence-electron chi connectivity index (χ1n) is 6.83. The van der Waals surface area contributed by atoms with Gasteiger partial charge < -0.3 is 4.74 Å². The summed E-state index contributed by atoms with van der Waals surface area (Å²) in [6.07, 6.45) is 3.57. The molecule has 2 saturated heterocycles. The highest BCUT2D eigenvalue weighted by Crippen LogP contribution is 2.52. The van der Waals surface area contributed by atoms with Crippen molar-refractivity contribution >= 4 is 17.5 Å². The Morgan fingerprint density at radius 1 is 1.15 bits per heavy atom. The minimum atomic E-state index is -0.623. The van der Waals surface area contributed by atoms with Crippen LogP contribution < -0.4 is 4.90 Å². The van der Waals surface area contributed by atoms with Crippen molar-refractivity contribution in [3.8, 4) is 0 Å². The van der Waals surface area contributed by atoms with Gasteiger partial charge >= 0.3 is 0 Å². The number of anilines is 1. The van der Waals surface area contributed by atoms with Crippen LogP contribution in [0.25, 0.3) is 0 Å². The van der Waals surface area contributed by atoms with E-state index in [0.717, 1.165) is 5.56 Å². The van der Waals surface area contributed by atoms with E-state index in [1.54, 1.807) is 0 Å². The summed E-state index contributed by atoms with van der Waals surface area (Å²) >= 11 is 0. The number of fused-ring (bicyclic) bond motifs is 5. The summed E-state index contributed by atoms with van der Waals surface area (Å²) in [7, 11) is 0. The molecule has 102 valence electrons. The molecular formula is C16H15NO3. The van der Waals surface area contributed by atoms with Crippen LogP contribution >= 0.6 is 0 Å². The number of nitrogens with zero attached hydrogens (tertiary/aromatic N) is 1. The van der Waals surface area contributed by atoms with Crippen LogP contribution in [-0.4, -0.2) is 23.5 Å². The summed E-state index contributed by atoms with van der Waals surface area (Å²) in [5.41, 5.74) is 1.13.